The lowest BCUT2D eigenvalue weighted by Gasteiger charge is -2.29. The van der Waals surface area contributed by atoms with Crippen molar-refractivity contribution in [1.29, 1.82) is 0 Å². The highest BCUT2D eigenvalue weighted by Gasteiger charge is 2.42. The summed E-state index contributed by atoms with van der Waals surface area (Å²) in [5.41, 5.74) is 6.71. The van der Waals surface area contributed by atoms with E-state index in [-0.39, 0.29) is 12.1 Å². The molecule has 160 valence electrons. The maximum atomic E-state index is 5.87. The van der Waals surface area contributed by atoms with Crippen LogP contribution in [0.5, 0.6) is 0 Å². The van der Waals surface area contributed by atoms with Gasteiger partial charge in [0.25, 0.3) is 0 Å². The SMILES string of the molecule is Cc1ccc(-n2cccc2C2C(c3ccccn3)NC(=S)N2c2ccc(Br)c(C)c2)cc1. The van der Waals surface area contributed by atoms with Gasteiger partial charge in [-0.05, 0) is 86.2 Å². The van der Waals surface area contributed by atoms with Crippen molar-refractivity contribution in [3.63, 3.8) is 0 Å². The number of thiocarbonyl (C=S) groups is 1. The molecule has 2 aromatic heterocycles. The lowest BCUT2D eigenvalue weighted by atomic mass is 10.0. The van der Waals surface area contributed by atoms with Gasteiger partial charge in [-0.3, -0.25) is 4.98 Å². The van der Waals surface area contributed by atoms with E-state index in [0.29, 0.717) is 5.11 Å². The number of aryl methyl sites for hydroxylation is 2. The molecule has 4 aromatic rings. The molecule has 0 bridgehead atoms. The molecule has 2 unspecified atom stereocenters. The third-order valence-electron chi connectivity index (χ3n) is 5.91. The van der Waals surface area contributed by atoms with Gasteiger partial charge >= 0.3 is 0 Å². The minimum Gasteiger partial charge on any atom is -0.351 e. The van der Waals surface area contributed by atoms with Crippen molar-refractivity contribution < 1.29 is 0 Å². The van der Waals surface area contributed by atoms with Gasteiger partial charge in [0.05, 0.1) is 11.7 Å². The van der Waals surface area contributed by atoms with E-state index in [9.17, 15) is 0 Å². The zero-order valence-electron chi connectivity index (χ0n) is 17.9. The molecule has 2 aromatic carbocycles. The van der Waals surface area contributed by atoms with Gasteiger partial charge < -0.3 is 14.8 Å². The van der Waals surface area contributed by atoms with Crippen molar-refractivity contribution in [3.05, 3.63) is 112 Å². The molecule has 6 heteroatoms. The second-order valence-electron chi connectivity index (χ2n) is 8.07. The number of hydrogen-bond acceptors (Lipinski definition) is 2. The van der Waals surface area contributed by atoms with Crippen LogP contribution in [0.1, 0.15) is 34.6 Å². The normalized spacial score (nSPS) is 18.1. The van der Waals surface area contributed by atoms with Crippen molar-refractivity contribution in [1.82, 2.24) is 14.9 Å². The topological polar surface area (TPSA) is 33.1 Å². The van der Waals surface area contributed by atoms with Gasteiger partial charge in [-0.1, -0.05) is 39.7 Å². The molecular formula is C26H23BrN4S. The van der Waals surface area contributed by atoms with E-state index < -0.39 is 0 Å². The maximum absolute atomic E-state index is 5.87. The molecule has 32 heavy (non-hydrogen) atoms. The lowest BCUT2D eigenvalue weighted by molar-refractivity contribution is 0.549. The quantitative estimate of drug-likeness (QED) is 0.326. The Balaban J connectivity index is 1.67. The van der Waals surface area contributed by atoms with Crippen LogP contribution in [0.3, 0.4) is 0 Å². The Kier molecular flexibility index (Phi) is 5.57. The van der Waals surface area contributed by atoms with Crippen LogP contribution in [-0.4, -0.2) is 14.7 Å². The summed E-state index contributed by atoms with van der Waals surface area (Å²) in [7, 11) is 0. The molecule has 0 radical (unpaired) electrons. The third-order valence-corrected chi connectivity index (χ3v) is 7.12. The monoisotopic (exact) mass is 502 g/mol. The van der Waals surface area contributed by atoms with Crippen LogP contribution in [-0.2, 0) is 0 Å². The Bertz CT molecular complexity index is 1270. The van der Waals surface area contributed by atoms with Gasteiger partial charge in [-0.15, -0.1) is 0 Å². The molecule has 1 aliphatic rings. The van der Waals surface area contributed by atoms with Crippen LogP contribution in [0.2, 0.25) is 0 Å². The number of aromatic nitrogens is 2. The number of nitrogens with zero attached hydrogens (tertiary/aromatic N) is 3. The Labute approximate surface area is 202 Å². The van der Waals surface area contributed by atoms with Crippen LogP contribution >= 0.6 is 28.1 Å². The van der Waals surface area contributed by atoms with Gasteiger partial charge in [0.15, 0.2) is 5.11 Å². The van der Waals surface area contributed by atoms with Crippen molar-refractivity contribution in [2.75, 3.05) is 4.90 Å². The second-order valence-corrected chi connectivity index (χ2v) is 9.31. The molecule has 1 saturated heterocycles. The number of anilines is 1. The molecule has 3 heterocycles. The van der Waals surface area contributed by atoms with E-state index in [1.54, 1.807) is 0 Å². The zero-order chi connectivity index (χ0) is 22.2. The average molecular weight is 503 g/mol. The van der Waals surface area contributed by atoms with Crippen molar-refractivity contribution in [2.45, 2.75) is 25.9 Å². The van der Waals surface area contributed by atoms with Gasteiger partial charge in [-0.25, -0.2) is 0 Å². The standard InChI is InChI=1S/C26H23BrN4S/c1-17-8-10-19(11-9-17)30-15-5-7-23(30)25-24(22-6-3-4-14-28-22)29-26(32)31(25)20-12-13-21(27)18(2)16-20/h3-16,24-25H,1-2H3,(H,29,32). The molecule has 0 spiro atoms. The van der Waals surface area contributed by atoms with Crippen molar-refractivity contribution >= 4 is 38.9 Å². The number of benzene rings is 2. The molecule has 1 N–H and O–H groups in total. The molecule has 5 rings (SSSR count). The average Bonchev–Trinajstić information content (AvgIpc) is 3.41. The number of rotatable bonds is 4. The zero-order valence-corrected chi connectivity index (χ0v) is 20.3. The molecule has 0 amide bonds. The molecule has 1 aliphatic heterocycles. The molecule has 1 fully saturated rings. The van der Waals surface area contributed by atoms with Crippen molar-refractivity contribution in [3.8, 4) is 5.69 Å². The molecule has 4 nitrogen and oxygen atoms in total. The van der Waals surface area contributed by atoms with E-state index in [4.69, 9.17) is 12.2 Å². The predicted molar refractivity (Wildman–Crippen MR) is 137 cm³/mol. The second kappa shape index (κ2) is 8.52. The highest BCUT2D eigenvalue weighted by atomic mass is 79.9. The molecule has 0 saturated carbocycles. The predicted octanol–water partition coefficient (Wildman–Crippen LogP) is 6.43. The Hall–Kier alpha value is -2.96. The highest BCUT2D eigenvalue weighted by molar-refractivity contribution is 9.10. The number of nitrogens with one attached hydrogen (secondary N) is 1. The number of hydrogen-bond donors (Lipinski definition) is 1. The first-order chi connectivity index (χ1) is 15.5. The summed E-state index contributed by atoms with van der Waals surface area (Å²) < 4.78 is 3.33. The van der Waals surface area contributed by atoms with Crippen molar-refractivity contribution in [2.24, 2.45) is 0 Å². The number of halogens is 1. The fourth-order valence-corrected chi connectivity index (χ4v) is 4.88. The molecule has 0 aliphatic carbocycles. The van der Waals surface area contributed by atoms with Gasteiger partial charge in [0, 0.05) is 33.9 Å². The summed E-state index contributed by atoms with van der Waals surface area (Å²) in [5.74, 6) is 0. The van der Waals surface area contributed by atoms with Gasteiger partial charge in [-0.2, -0.15) is 0 Å². The first kappa shape index (κ1) is 20.9. The first-order valence-electron chi connectivity index (χ1n) is 10.5. The van der Waals surface area contributed by atoms with Gasteiger partial charge in [0.1, 0.15) is 6.04 Å². The Morgan fingerprint density at radius 1 is 0.938 bits per heavy atom. The largest absolute Gasteiger partial charge is 0.351 e. The van der Waals surface area contributed by atoms with E-state index in [2.05, 4.69) is 116 Å². The Morgan fingerprint density at radius 2 is 1.72 bits per heavy atom. The van der Waals surface area contributed by atoms with Crippen LogP contribution in [0.4, 0.5) is 5.69 Å². The summed E-state index contributed by atoms with van der Waals surface area (Å²) in [4.78, 5) is 6.88. The Morgan fingerprint density at radius 3 is 2.44 bits per heavy atom. The minimum atomic E-state index is -0.0771. The van der Waals surface area contributed by atoms with Gasteiger partial charge in [0.2, 0.25) is 0 Å². The fraction of sp³-hybridized carbons (Fsp3) is 0.154. The third kappa shape index (κ3) is 3.74. The highest BCUT2D eigenvalue weighted by Crippen LogP contribution is 2.42. The summed E-state index contributed by atoms with van der Waals surface area (Å²) in [6, 6.07) is 25.1. The smallest absolute Gasteiger partial charge is 0.174 e. The molecule has 2 atom stereocenters. The van der Waals surface area contributed by atoms with E-state index >= 15 is 0 Å². The summed E-state index contributed by atoms with van der Waals surface area (Å²) >= 11 is 9.49. The van der Waals surface area contributed by atoms with Crippen LogP contribution in [0.25, 0.3) is 5.69 Å². The van der Waals surface area contributed by atoms with E-state index in [1.165, 1.54) is 11.1 Å². The summed E-state index contributed by atoms with van der Waals surface area (Å²) in [5, 5.41) is 4.25. The fourth-order valence-electron chi connectivity index (χ4n) is 4.29. The maximum Gasteiger partial charge on any atom is 0.174 e. The minimum absolute atomic E-state index is 0.0609. The van der Waals surface area contributed by atoms with Crippen LogP contribution in [0, 0.1) is 13.8 Å². The summed E-state index contributed by atoms with van der Waals surface area (Å²) in [6.07, 6.45) is 3.95. The van der Waals surface area contributed by atoms with E-state index in [1.807, 2.05) is 18.3 Å². The first-order valence-corrected chi connectivity index (χ1v) is 11.7. The van der Waals surface area contributed by atoms with Crippen LogP contribution < -0.4 is 10.2 Å². The summed E-state index contributed by atoms with van der Waals surface area (Å²) in [6.45, 7) is 4.20. The van der Waals surface area contributed by atoms with E-state index in [0.717, 1.165) is 27.2 Å². The lowest BCUT2D eigenvalue weighted by Crippen LogP contribution is -2.30. The molecular weight excluding hydrogens is 480 g/mol. The number of pyridine rings is 1. The van der Waals surface area contributed by atoms with Crippen LogP contribution in [0.15, 0.2) is 89.7 Å².